The van der Waals surface area contributed by atoms with E-state index < -0.39 is 0 Å². The molecule has 1 aromatic carbocycles. The summed E-state index contributed by atoms with van der Waals surface area (Å²) < 4.78 is 5.37. The standard InChI is InChI=1S/C16H15N3OS/c1-11-2-4-12(5-3-11)15-8-14(20-19-15)10-21-16-7-6-13(17)9-18-16/h2-9H,10,17H2,1H3. The maximum absolute atomic E-state index is 5.61. The average molecular weight is 297 g/mol. The Morgan fingerprint density at radius 2 is 1.95 bits per heavy atom. The molecule has 0 saturated heterocycles. The van der Waals surface area contributed by atoms with Crippen LogP contribution in [0, 0.1) is 6.92 Å². The number of thioether (sulfide) groups is 1. The highest BCUT2D eigenvalue weighted by Gasteiger charge is 2.07. The highest BCUT2D eigenvalue weighted by molar-refractivity contribution is 7.98. The molecule has 0 saturated carbocycles. The smallest absolute Gasteiger partial charge is 0.147 e. The molecule has 0 amide bonds. The normalized spacial score (nSPS) is 10.7. The van der Waals surface area contributed by atoms with Gasteiger partial charge in [-0.2, -0.15) is 0 Å². The predicted molar refractivity (Wildman–Crippen MR) is 84.9 cm³/mol. The van der Waals surface area contributed by atoms with Crippen molar-refractivity contribution >= 4 is 17.4 Å². The number of anilines is 1. The maximum atomic E-state index is 5.61. The maximum Gasteiger partial charge on any atom is 0.147 e. The quantitative estimate of drug-likeness (QED) is 0.739. The molecule has 106 valence electrons. The Morgan fingerprint density at radius 1 is 1.14 bits per heavy atom. The van der Waals surface area contributed by atoms with Gasteiger partial charge in [0, 0.05) is 11.6 Å². The van der Waals surface area contributed by atoms with Crippen LogP contribution in [0.4, 0.5) is 5.69 Å². The molecule has 2 aromatic heterocycles. The molecular formula is C16H15N3OS. The molecule has 0 radical (unpaired) electrons. The zero-order valence-corrected chi connectivity index (χ0v) is 12.4. The lowest BCUT2D eigenvalue weighted by atomic mass is 10.1. The SMILES string of the molecule is Cc1ccc(-c2cc(CSc3ccc(N)cn3)on2)cc1. The molecule has 4 nitrogen and oxygen atoms in total. The lowest BCUT2D eigenvalue weighted by Gasteiger charge is -1.98. The Balaban J connectivity index is 1.67. The second-order valence-electron chi connectivity index (χ2n) is 4.76. The van der Waals surface area contributed by atoms with Crippen molar-refractivity contribution in [1.29, 1.82) is 0 Å². The van der Waals surface area contributed by atoms with Gasteiger partial charge in [0.05, 0.1) is 22.7 Å². The summed E-state index contributed by atoms with van der Waals surface area (Å²) in [5.74, 6) is 1.52. The lowest BCUT2D eigenvalue weighted by molar-refractivity contribution is 0.397. The predicted octanol–water partition coefficient (Wildman–Crippen LogP) is 3.92. The van der Waals surface area contributed by atoms with Gasteiger partial charge in [0.2, 0.25) is 0 Å². The number of hydrogen-bond acceptors (Lipinski definition) is 5. The van der Waals surface area contributed by atoms with Crippen LogP contribution in [-0.2, 0) is 5.75 Å². The van der Waals surface area contributed by atoms with Crippen LogP contribution in [0.2, 0.25) is 0 Å². The van der Waals surface area contributed by atoms with Gasteiger partial charge in [-0.1, -0.05) is 46.7 Å². The number of nitrogens with zero attached hydrogens (tertiary/aromatic N) is 2. The van der Waals surface area contributed by atoms with Crippen LogP contribution < -0.4 is 5.73 Å². The molecule has 21 heavy (non-hydrogen) atoms. The van der Waals surface area contributed by atoms with E-state index in [0.29, 0.717) is 11.4 Å². The summed E-state index contributed by atoms with van der Waals surface area (Å²) in [6.07, 6.45) is 1.65. The van der Waals surface area contributed by atoms with E-state index in [-0.39, 0.29) is 0 Å². The first kappa shape index (κ1) is 13.7. The van der Waals surface area contributed by atoms with Crippen LogP contribution in [0.25, 0.3) is 11.3 Å². The molecule has 3 rings (SSSR count). The number of aryl methyl sites for hydroxylation is 1. The van der Waals surface area contributed by atoms with Gasteiger partial charge in [-0.15, -0.1) is 0 Å². The van der Waals surface area contributed by atoms with E-state index in [4.69, 9.17) is 10.3 Å². The van der Waals surface area contributed by atoms with Gasteiger partial charge >= 0.3 is 0 Å². The summed E-state index contributed by atoms with van der Waals surface area (Å²) in [6.45, 7) is 2.06. The van der Waals surface area contributed by atoms with Gasteiger partial charge in [0.25, 0.3) is 0 Å². The summed E-state index contributed by atoms with van der Waals surface area (Å²) in [4.78, 5) is 4.24. The Bertz CT molecular complexity index is 720. The van der Waals surface area contributed by atoms with E-state index in [1.54, 1.807) is 18.0 Å². The van der Waals surface area contributed by atoms with Gasteiger partial charge in [-0.05, 0) is 19.1 Å². The Morgan fingerprint density at radius 3 is 2.67 bits per heavy atom. The van der Waals surface area contributed by atoms with E-state index in [9.17, 15) is 0 Å². The summed E-state index contributed by atoms with van der Waals surface area (Å²) in [6, 6.07) is 13.9. The topological polar surface area (TPSA) is 64.9 Å². The molecule has 0 unspecified atom stereocenters. The highest BCUT2D eigenvalue weighted by atomic mass is 32.2. The number of benzene rings is 1. The number of pyridine rings is 1. The van der Waals surface area contributed by atoms with Crippen molar-refractivity contribution in [1.82, 2.24) is 10.1 Å². The van der Waals surface area contributed by atoms with E-state index in [1.807, 2.05) is 30.3 Å². The van der Waals surface area contributed by atoms with E-state index in [2.05, 4.69) is 29.2 Å². The molecule has 2 N–H and O–H groups in total. The molecule has 0 atom stereocenters. The van der Waals surface area contributed by atoms with Crippen LogP contribution in [0.1, 0.15) is 11.3 Å². The summed E-state index contributed by atoms with van der Waals surface area (Å²) in [7, 11) is 0. The largest absolute Gasteiger partial charge is 0.397 e. The van der Waals surface area contributed by atoms with Crippen LogP contribution in [0.5, 0.6) is 0 Å². The molecule has 0 aliphatic rings. The first-order valence-corrected chi connectivity index (χ1v) is 7.56. The minimum Gasteiger partial charge on any atom is -0.397 e. The van der Waals surface area contributed by atoms with E-state index >= 15 is 0 Å². The fourth-order valence-electron chi connectivity index (χ4n) is 1.86. The fourth-order valence-corrected chi connectivity index (χ4v) is 2.58. The van der Waals surface area contributed by atoms with Gasteiger partial charge in [-0.3, -0.25) is 0 Å². The molecular weight excluding hydrogens is 282 g/mol. The van der Waals surface area contributed by atoms with E-state index in [1.165, 1.54) is 5.56 Å². The highest BCUT2D eigenvalue weighted by Crippen LogP contribution is 2.25. The Kier molecular flexibility index (Phi) is 3.92. The monoisotopic (exact) mass is 297 g/mol. The third kappa shape index (κ3) is 3.44. The summed E-state index contributed by atoms with van der Waals surface area (Å²) in [5, 5.41) is 5.03. The minimum absolute atomic E-state index is 0.667. The van der Waals surface area contributed by atoms with Crippen molar-refractivity contribution in [2.75, 3.05) is 5.73 Å². The second-order valence-corrected chi connectivity index (χ2v) is 5.76. The molecule has 0 spiro atoms. The molecule has 0 aliphatic carbocycles. The van der Waals surface area contributed by atoms with Crippen molar-refractivity contribution in [3.05, 3.63) is 60.0 Å². The van der Waals surface area contributed by atoms with Crippen molar-refractivity contribution < 1.29 is 4.52 Å². The summed E-state index contributed by atoms with van der Waals surface area (Å²) in [5.41, 5.74) is 9.43. The molecule has 3 aromatic rings. The van der Waals surface area contributed by atoms with E-state index in [0.717, 1.165) is 22.0 Å². The number of nitrogens with two attached hydrogens (primary N) is 1. The molecule has 5 heteroatoms. The van der Waals surface area contributed by atoms with Crippen molar-refractivity contribution in [2.24, 2.45) is 0 Å². The van der Waals surface area contributed by atoms with Crippen LogP contribution in [0.15, 0.2) is 58.2 Å². The Labute approximate surface area is 127 Å². The van der Waals surface area contributed by atoms with Gasteiger partial charge in [0.1, 0.15) is 11.5 Å². The van der Waals surface area contributed by atoms with Crippen molar-refractivity contribution in [3.8, 4) is 11.3 Å². The second kappa shape index (κ2) is 6.01. The summed E-state index contributed by atoms with van der Waals surface area (Å²) >= 11 is 1.59. The number of nitrogen functional groups attached to an aromatic ring is 1. The van der Waals surface area contributed by atoms with Gasteiger partial charge in [0.15, 0.2) is 0 Å². The number of aromatic nitrogens is 2. The lowest BCUT2D eigenvalue weighted by Crippen LogP contribution is -1.86. The van der Waals surface area contributed by atoms with Crippen LogP contribution in [0.3, 0.4) is 0 Å². The third-order valence-corrected chi connectivity index (χ3v) is 3.99. The first-order valence-electron chi connectivity index (χ1n) is 6.58. The zero-order valence-electron chi connectivity index (χ0n) is 11.6. The number of rotatable bonds is 4. The fraction of sp³-hybridized carbons (Fsp3) is 0.125. The van der Waals surface area contributed by atoms with Crippen LogP contribution >= 0.6 is 11.8 Å². The molecule has 0 bridgehead atoms. The van der Waals surface area contributed by atoms with Crippen molar-refractivity contribution in [2.45, 2.75) is 17.7 Å². The molecule has 2 heterocycles. The first-order chi connectivity index (χ1) is 10.2. The zero-order chi connectivity index (χ0) is 14.7. The minimum atomic E-state index is 0.667. The average Bonchev–Trinajstić information content (AvgIpc) is 2.96. The molecule has 0 fully saturated rings. The van der Waals surface area contributed by atoms with Gasteiger partial charge in [-0.25, -0.2) is 4.98 Å². The van der Waals surface area contributed by atoms with Gasteiger partial charge < -0.3 is 10.3 Å². The van der Waals surface area contributed by atoms with Crippen molar-refractivity contribution in [3.63, 3.8) is 0 Å². The third-order valence-electron chi connectivity index (χ3n) is 3.03. The van der Waals surface area contributed by atoms with Crippen LogP contribution in [-0.4, -0.2) is 10.1 Å². The number of hydrogen-bond donors (Lipinski definition) is 1. The Hall–Kier alpha value is -2.27. The molecule has 0 aliphatic heterocycles.